The summed E-state index contributed by atoms with van der Waals surface area (Å²) in [4.78, 5) is 0. The maximum atomic E-state index is 6.11. The number of aryl methyl sites for hydroxylation is 1. The van der Waals surface area contributed by atoms with Gasteiger partial charge in [0.15, 0.2) is 0 Å². The summed E-state index contributed by atoms with van der Waals surface area (Å²) in [6, 6.07) is 3.38. The van der Waals surface area contributed by atoms with E-state index in [1.54, 1.807) is 19.1 Å². The molecule has 1 heterocycles. The molecule has 96 valence electrons. The molecule has 1 aromatic carbocycles. The number of benzene rings is 1. The monoisotopic (exact) mass is 322 g/mol. The summed E-state index contributed by atoms with van der Waals surface area (Å²) >= 11 is 19.5. The van der Waals surface area contributed by atoms with E-state index in [0.717, 1.165) is 5.56 Å². The zero-order chi connectivity index (χ0) is 13.3. The van der Waals surface area contributed by atoms with Gasteiger partial charge in [0.25, 0.3) is 0 Å². The van der Waals surface area contributed by atoms with Crippen LogP contribution in [0.2, 0.25) is 15.1 Å². The third-order valence-electron chi connectivity index (χ3n) is 2.32. The van der Waals surface area contributed by atoms with Crippen LogP contribution in [0.25, 0.3) is 0 Å². The van der Waals surface area contributed by atoms with E-state index in [2.05, 4.69) is 10.2 Å². The van der Waals surface area contributed by atoms with Crippen LogP contribution >= 0.6 is 46.6 Å². The van der Waals surface area contributed by atoms with Crippen molar-refractivity contribution in [2.45, 2.75) is 17.8 Å². The molecule has 2 N–H and O–H groups in total. The lowest BCUT2D eigenvalue weighted by molar-refractivity contribution is 0.825. The number of hydrogen-bond acceptors (Lipinski definition) is 4. The van der Waals surface area contributed by atoms with Crippen molar-refractivity contribution in [3.63, 3.8) is 0 Å². The molecule has 0 amide bonds. The second-order valence-corrected chi connectivity index (χ2v) is 5.65. The molecule has 1 aromatic heterocycles. The van der Waals surface area contributed by atoms with Crippen molar-refractivity contribution in [1.82, 2.24) is 14.9 Å². The van der Waals surface area contributed by atoms with E-state index in [0.29, 0.717) is 31.8 Å². The van der Waals surface area contributed by atoms with E-state index < -0.39 is 0 Å². The zero-order valence-electron chi connectivity index (χ0n) is 9.32. The number of thioether (sulfide) groups is 1. The first kappa shape index (κ1) is 13.8. The Labute approximate surface area is 123 Å². The number of halogens is 3. The maximum absolute atomic E-state index is 6.11. The predicted molar refractivity (Wildman–Crippen MR) is 75.9 cm³/mol. The largest absolute Gasteiger partial charge is 0.336 e. The molecule has 0 aliphatic heterocycles. The van der Waals surface area contributed by atoms with Crippen molar-refractivity contribution >= 4 is 46.6 Å². The first-order valence-electron chi connectivity index (χ1n) is 4.93. The number of rotatable bonds is 3. The fraction of sp³-hybridized carbons (Fsp3) is 0.200. The van der Waals surface area contributed by atoms with Crippen molar-refractivity contribution in [3.8, 4) is 0 Å². The van der Waals surface area contributed by atoms with Gasteiger partial charge in [-0.1, -0.05) is 46.6 Å². The average Bonchev–Trinajstić information content (AvgIpc) is 2.66. The Balaban J connectivity index is 2.21. The molecular formula is C10H9Cl3N4S. The van der Waals surface area contributed by atoms with Gasteiger partial charge in [-0.2, -0.15) is 0 Å². The van der Waals surface area contributed by atoms with Gasteiger partial charge in [-0.05, 0) is 19.1 Å². The highest BCUT2D eigenvalue weighted by Gasteiger charge is 2.12. The van der Waals surface area contributed by atoms with Crippen LogP contribution in [0.5, 0.6) is 0 Å². The minimum Gasteiger partial charge on any atom is -0.336 e. The minimum absolute atomic E-state index is 0.455. The molecule has 0 saturated heterocycles. The average molecular weight is 324 g/mol. The van der Waals surface area contributed by atoms with Gasteiger partial charge in [0.1, 0.15) is 5.82 Å². The van der Waals surface area contributed by atoms with Crippen molar-refractivity contribution in [1.29, 1.82) is 0 Å². The first-order chi connectivity index (χ1) is 8.50. The Hall–Kier alpha value is -0.620. The van der Waals surface area contributed by atoms with Gasteiger partial charge in [-0.3, -0.25) is 0 Å². The summed E-state index contributed by atoms with van der Waals surface area (Å²) in [5.74, 6) is 6.91. The molecule has 2 aromatic rings. The Bertz CT molecular complexity index is 585. The lowest BCUT2D eigenvalue weighted by Gasteiger charge is -2.07. The summed E-state index contributed by atoms with van der Waals surface area (Å²) in [7, 11) is 0. The summed E-state index contributed by atoms with van der Waals surface area (Å²) in [6.07, 6.45) is 0. The van der Waals surface area contributed by atoms with Crippen LogP contribution in [0.4, 0.5) is 0 Å². The minimum atomic E-state index is 0.455. The second kappa shape index (κ2) is 5.57. The van der Waals surface area contributed by atoms with Crippen LogP contribution in [0, 0.1) is 6.92 Å². The summed E-state index contributed by atoms with van der Waals surface area (Å²) in [5, 5.41) is 9.90. The normalized spacial score (nSPS) is 10.9. The predicted octanol–water partition coefficient (Wildman–Crippen LogP) is 3.55. The molecule has 0 bridgehead atoms. The van der Waals surface area contributed by atoms with E-state index >= 15 is 0 Å². The van der Waals surface area contributed by atoms with E-state index in [4.69, 9.17) is 40.6 Å². The van der Waals surface area contributed by atoms with Crippen LogP contribution in [0.3, 0.4) is 0 Å². The van der Waals surface area contributed by atoms with Gasteiger partial charge < -0.3 is 5.84 Å². The molecule has 0 saturated carbocycles. The zero-order valence-corrected chi connectivity index (χ0v) is 12.4. The van der Waals surface area contributed by atoms with Crippen molar-refractivity contribution < 1.29 is 0 Å². The molecule has 0 fully saturated rings. The topological polar surface area (TPSA) is 56.7 Å². The SMILES string of the molecule is Cc1nnc(SCc2c(Cl)ccc(Cl)c2Cl)n1N. The third-order valence-corrected chi connectivity index (χ3v) is 4.49. The highest BCUT2D eigenvalue weighted by molar-refractivity contribution is 7.98. The van der Waals surface area contributed by atoms with Crippen LogP contribution in [0.1, 0.15) is 11.4 Å². The van der Waals surface area contributed by atoms with Crippen LogP contribution < -0.4 is 5.84 Å². The number of nitrogens with two attached hydrogens (primary N) is 1. The van der Waals surface area contributed by atoms with Gasteiger partial charge in [0, 0.05) is 16.3 Å². The smallest absolute Gasteiger partial charge is 0.210 e. The Morgan fingerprint density at radius 3 is 2.50 bits per heavy atom. The summed E-state index contributed by atoms with van der Waals surface area (Å²) in [5.41, 5.74) is 0.761. The summed E-state index contributed by atoms with van der Waals surface area (Å²) in [6.45, 7) is 1.77. The van der Waals surface area contributed by atoms with Gasteiger partial charge in [0.2, 0.25) is 5.16 Å². The molecule has 4 nitrogen and oxygen atoms in total. The molecule has 0 radical (unpaired) electrons. The lowest BCUT2D eigenvalue weighted by Crippen LogP contribution is -2.11. The van der Waals surface area contributed by atoms with Crippen LogP contribution in [-0.2, 0) is 5.75 Å². The number of nitrogen functional groups attached to an aromatic ring is 1. The second-order valence-electron chi connectivity index (χ2n) is 3.51. The highest BCUT2D eigenvalue weighted by Crippen LogP contribution is 2.35. The molecule has 18 heavy (non-hydrogen) atoms. The molecule has 0 aliphatic rings. The molecule has 8 heteroatoms. The molecular weight excluding hydrogens is 315 g/mol. The molecule has 0 unspecified atom stereocenters. The van der Waals surface area contributed by atoms with Gasteiger partial charge in [0.05, 0.1) is 10.0 Å². The fourth-order valence-electron chi connectivity index (χ4n) is 1.29. The lowest BCUT2D eigenvalue weighted by atomic mass is 10.2. The van der Waals surface area contributed by atoms with Gasteiger partial charge in [-0.15, -0.1) is 10.2 Å². The van der Waals surface area contributed by atoms with Crippen LogP contribution in [0.15, 0.2) is 17.3 Å². The van der Waals surface area contributed by atoms with E-state index in [1.807, 2.05) is 0 Å². The summed E-state index contributed by atoms with van der Waals surface area (Å²) < 4.78 is 1.41. The Morgan fingerprint density at radius 1 is 1.22 bits per heavy atom. The van der Waals surface area contributed by atoms with Gasteiger partial charge >= 0.3 is 0 Å². The van der Waals surface area contributed by atoms with E-state index in [9.17, 15) is 0 Å². The maximum Gasteiger partial charge on any atom is 0.210 e. The molecule has 0 spiro atoms. The number of aromatic nitrogens is 3. The van der Waals surface area contributed by atoms with Crippen LogP contribution in [-0.4, -0.2) is 14.9 Å². The molecule has 0 aliphatic carbocycles. The molecule has 2 rings (SSSR count). The first-order valence-corrected chi connectivity index (χ1v) is 7.05. The van der Waals surface area contributed by atoms with Crippen molar-refractivity contribution in [2.24, 2.45) is 0 Å². The van der Waals surface area contributed by atoms with Crippen molar-refractivity contribution in [2.75, 3.05) is 5.84 Å². The quantitative estimate of drug-likeness (QED) is 0.533. The Kier molecular flexibility index (Phi) is 4.27. The number of nitrogens with zero attached hydrogens (tertiary/aromatic N) is 3. The fourth-order valence-corrected chi connectivity index (χ4v) is 3.07. The van der Waals surface area contributed by atoms with Gasteiger partial charge in [-0.25, -0.2) is 4.68 Å². The Morgan fingerprint density at radius 2 is 1.89 bits per heavy atom. The van der Waals surface area contributed by atoms with Crippen molar-refractivity contribution in [3.05, 3.63) is 38.6 Å². The third kappa shape index (κ3) is 2.69. The molecule has 0 atom stereocenters. The standard InChI is InChI=1S/C10H9Cl3N4S/c1-5-15-16-10(17(5)14)18-4-6-7(11)2-3-8(12)9(6)13/h2-3H,4,14H2,1H3. The van der Waals surface area contributed by atoms with E-state index in [-0.39, 0.29) is 0 Å². The number of hydrogen-bond donors (Lipinski definition) is 1. The highest BCUT2D eigenvalue weighted by atomic mass is 35.5. The van der Waals surface area contributed by atoms with E-state index in [1.165, 1.54) is 16.4 Å².